The number of thioether (sulfide) groups is 1. The zero-order valence-electron chi connectivity index (χ0n) is 13.0. The summed E-state index contributed by atoms with van der Waals surface area (Å²) in [6.45, 7) is 4.84. The molecule has 0 amide bonds. The number of hydrogen-bond donors (Lipinski definition) is 1. The van der Waals surface area contributed by atoms with Gasteiger partial charge in [0.25, 0.3) is 0 Å². The van der Waals surface area contributed by atoms with E-state index in [1.54, 1.807) is 11.1 Å². The quantitative estimate of drug-likeness (QED) is 0.883. The Hall–Kier alpha value is -0.470. The lowest BCUT2D eigenvalue weighted by atomic mass is 9.73. The van der Waals surface area contributed by atoms with Gasteiger partial charge in [-0.15, -0.1) is 11.8 Å². The maximum atomic E-state index is 3.60. The van der Waals surface area contributed by atoms with E-state index in [0.717, 1.165) is 0 Å². The number of rotatable bonds is 3. The van der Waals surface area contributed by atoms with Gasteiger partial charge in [-0.3, -0.25) is 0 Å². The Morgan fingerprint density at radius 2 is 1.95 bits per heavy atom. The molecule has 0 saturated heterocycles. The molecule has 110 valence electrons. The lowest BCUT2D eigenvalue weighted by Crippen LogP contribution is -2.49. The average Bonchev–Trinajstić information content (AvgIpc) is 2.85. The summed E-state index contributed by atoms with van der Waals surface area (Å²) in [5, 5.41) is 4.31. The van der Waals surface area contributed by atoms with E-state index < -0.39 is 0 Å². The minimum Gasteiger partial charge on any atom is -0.315 e. The van der Waals surface area contributed by atoms with Gasteiger partial charge in [-0.05, 0) is 67.8 Å². The van der Waals surface area contributed by atoms with Crippen LogP contribution in [0.4, 0.5) is 0 Å². The van der Waals surface area contributed by atoms with Crippen molar-refractivity contribution in [3.63, 3.8) is 0 Å². The zero-order valence-corrected chi connectivity index (χ0v) is 13.9. The van der Waals surface area contributed by atoms with Crippen LogP contribution in [-0.4, -0.2) is 18.3 Å². The first kappa shape index (κ1) is 14.5. The van der Waals surface area contributed by atoms with Crippen molar-refractivity contribution in [2.75, 3.05) is 7.05 Å². The van der Waals surface area contributed by atoms with Gasteiger partial charge in [-0.1, -0.05) is 26.3 Å². The van der Waals surface area contributed by atoms with Gasteiger partial charge in [0, 0.05) is 16.2 Å². The number of fused-ring (bicyclic) bond motifs is 1. The summed E-state index contributed by atoms with van der Waals surface area (Å²) in [5.41, 5.74) is 3.61. The highest BCUT2D eigenvalue weighted by Gasteiger charge is 2.38. The van der Waals surface area contributed by atoms with Crippen LogP contribution in [0.5, 0.6) is 0 Å². The summed E-state index contributed by atoms with van der Waals surface area (Å²) in [7, 11) is 2.13. The Bertz CT molecular complexity index is 480. The molecular weight excluding hydrogens is 262 g/mol. The molecule has 1 fully saturated rings. The highest BCUT2D eigenvalue weighted by molar-refractivity contribution is 8.00. The molecule has 1 N–H and O–H groups in total. The van der Waals surface area contributed by atoms with E-state index in [1.165, 1.54) is 43.4 Å². The molecule has 20 heavy (non-hydrogen) atoms. The predicted molar refractivity (Wildman–Crippen MR) is 88.6 cm³/mol. The van der Waals surface area contributed by atoms with Gasteiger partial charge in [0.05, 0.1) is 0 Å². The minimum atomic E-state index is 0.418. The molecule has 0 bridgehead atoms. The third-order valence-corrected chi connectivity index (χ3v) is 6.53. The van der Waals surface area contributed by atoms with Gasteiger partial charge in [0.1, 0.15) is 0 Å². The van der Waals surface area contributed by atoms with E-state index in [0.29, 0.717) is 16.7 Å². The normalized spacial score (nSPS) is 28.4. The van der Waals surface area contributed by atoms with E-state index in [1.807, 2.05) is 0 Å². The Kier molecular flexibility index (Phi) is 4.14. The standard InChI is InChI=1S/C18H27NS/c1-18(2)11-5-8-16(17(18)19-3)20-15-10-9-13-6-4-7-14(13)12-15/h9-10,12,16-17,19H,4-8,11H2,1-3H3. The highest BCUT2D eigenvalue weighted by Crippen LogP contribution is 2.43. The Balaban J connectivity index is 1.76. The molecule has 1 aromatic rings. The maximum Gasteiger partial charge on any atom is 0.0253 e. The Labute approximate surface area is 127 Å². The van der Waals surface area contributed by atoms with Crippen molar-refractivity contribution in [1.29, 1.82) is 0 Å². The largest absolute Gasteiger partial charge is 0.315 e. The number of hydrogen-bond acceptors (Lipinski definition) is 2. The van der Waals surface area contributed by atoms with E-state index in [2.05, 4.69) is 56.2 Å². The van der Waals surface area contributed by atoms with E-state index in [-0.39, 0.29) is 0 Å². The van der Waals surface area contributed by atoms with Crippen molar-refractivity contribution in [2.45, 2.75) is 68.6 Å². The fourth-order valence-corrected chi connectivity index (χ4v) is 5.72. The predicted octanol–water partition coefficient (Wildman–Crippen LogP) is 4.43. The summed E-state index contributed by atoms with van der Waals surface area (Å²) < 4.78 is 0. The van der Waals surface area contributed by atoms with Gasteiger partial charge in [0.2, 0.25) is 0 Å². The van der Waals surface area contributed by atoms with Crippen LogP contribution in [0.3, 0.4) is 0 Å². The number of nitrogens with one attached hydrogen (secondary N) is 1. The van der Waals surface area contributed by atoms with Crippen LogP contribution in [-0.2, 0) is 12.8 Å². The van der Waals surface area contributed by atoms with Crippen LogP contribution in [0.1, 0.15) is 50.7 Å². The van der Waals surface area contributed by atoms with E-state index in [4.69, 9.17) is 0 Å². The third-order valence-electron chi connectivity index (χ3n) is 5.19. The molecule has 3 rings (SSSR count). The summed E-state index contributed by atoms with van der Waals surface area (Å²) in [5.74, 6) is 0. The van der Waals surface area contributed by atoms with Crippen LogP contribution < -0.4 is 5.32 Å². The zero-order chi connectivity index (χ0) is 14.2. The third kappa shape index (κ3) is 2.78. The highest BCUT2D eigenvalue weighted by atomic mass is 32.2. The van der Waals surface area contributed by atoms with Crippen molar-refractivity contribution < 1.29 is 0 Å². The summed E-state index contributed by atoms with van der Waals surface area (Å²) in [6.07, 6.45) is 7.98. The molecule has 0 aliphatic heterocycles. The summed E-state index contributed by atoms with van der Waals surface area (Å²) in [6, 6.07) is 7.80. The Morgan fingerprint density at radius 1 is 1.15 bits per heavy atom. The van der Waals surface area contributed by atoms with Gasteiger partial charge in [-0.2, -0.15) is 0 Å². The van der Waals surface area contributed by atoms with Crippen molar-refractivity contribution in [3.05, 3.63) is 29.3 Å². The fourth-order valence-electron chi connectivity index (χ4n) is 4.08. The van der Waals surface area contributed by atoms with E-state index in [9.17, 15) is 0 Å². The van der Waals surface area contributed by atoms with E-state index >= 15 is 0 Å². The van der Waals surface area contributed by atoms with Crippen LogP contribution in [0.25, 0.3) is 0 Å². The topological polar surface area (TPSA) is 12.0 Å². The molecule has 0 heterocycles. The molecular formula is C18H27NS. The monoisotopic (exact) mass is 289 g/mol. The van der Waals surface area contributed by atoms with Crippen LogP contribution in [0.15, 0.2) is 23.1 Å². The maximum absolute atomic E-state index is 3.60. The fraction of sp³-hybridized carbons (Fsp3) is 0.667. The molecule has 0 spiro atoms. The second kappa shape index (κ2) is 5.73. The average molecular weight is 289 g/mol. The molecule has 1 nitrogen and oxygen atoms in total. The molecule has 2 atom stereocenters. The molecule has 0 aromatic heterocycles. The SMILES string of the molecule is CNC1C(Sc2ccc3c(c2)CCC3)CCCC1(C)C. The lowest BCUT2D eigenvalue weighted by molar-refractivity contribution is 0.182. The van der Waals surface area contributed by atoms with Crippen LogP contribution in [0, 0.1) is 5.41 Å². The van der Waals surface area contributed by atoms with Crippen molar-refractivity contribution in [3.8, 4) is 0 Å². The molecule has 1 saturated carbocycles. The second-order valence-corrected chi connectivity index (χ2v) is 8.40. The molecule has 2 aliphatic carbocycles. The van der Waals surface area contributed by atoms with Gasteiger partial charge in [-0.25, -0.2) is 0 Å². The smallest absolute Gasteiger partial charge is 0.0253 e. The molecule has 2 heteroatoms. The van der Waals surface area contributed by atoms with Crippen molar-refractivity contribution in [1.82, 2.24) is 5.32 Å². The molecule has 0 radical (unpaired) electrons. The number of benzene rings is 1. The van der Waals surface area contributed by atoms with Crippen LogP contribution in [0.2, 0.25) is 0 Å². The van der Waals surface area contributed by atoms with Gasteiger partial charge < -0.3 is 5.32 Å². The minimum absolute atomic E-state index is 0.418. The Morgan fingerprint density at radius 3 is 2.75 bits per heavy atom. The molecule has 2 aliphatic rings. The number of aryl methyl sites for hydroxylation is 2. The molecule has 2 unspecified atom stereocenters. The first-order valence-electron chi connectivity index (χ1n) is 8.06. The molecule has 1 aromatic carbocycles. The van der Waals surface area contributed by atoms with Crippen molar-refractivity contribution >= 4 is 11.8 Å². The second-order valence-electron chi connectivity index (χ2n) is 7.09. The van der Waals surface area contributed by atoms with Gasteiger partial charge >= 0.3 is 0 Å². The first-order valence-corrected chi connectivity index (χ1v) is 8.94. The first-order chi connectivity index (χ1) is 9.60. The summed E-state index contributed by atoms with van der Waals surface area (Å²) >= 11 is 2.10. The summed E-state index contributed by atoms with van der Waals surface area (Å²) in [4.78, 5) is 1.48. The lowest BCUT2D eigenvalue weighted by Gasteiger charge is -2.43. The van der Waals surface area contributed by atoms with Crippen molar-refractivity contribution in [2.24, 2.45) is 5.41 Å². The van der Waals surface area contributed by atoms with Gasteiger partial charge in [0.15, 0.2) is 0 Å². The van der Waals surface area contributed by atoms with Crippen LogP contribution >= 0.6 is 11.8 Å².